The highest BCUT2D eigenvalue weighted by molar-refractivity contribution is 9.10. The molecule has 5 nitrogen and oxygen atoms in total. The van der Waals surface area contributed by atoms with E-state index in [0.29, 0.717) is 12.4 Å². The van der Waals surface area contributed by atoms with Crippen LogP contribution in [0.5, 0.6) is 0 Å². The van der Waals surface area contributed by atoms with Crippen LogP contribution < -0.4 is 10.2 Å². The van der Waals surface area contributed by atoms with Gasteiger partial charge in [0.15, 0.2) is 5.58 Å². The van der Waals surface area contributed by atoms with E-state index in [4.69, 9.17) is 4.42 Å². The second-order valence-corrected chi connectivity index (χ2v) is 6.52. The number of anilines is 1. The smallest absolute Gasteiger partial charge is 0.298 e. The van der Waals surface area contributed by atoms with Crippen molar-refractivity contribution in [3.05, 3.63) is 22.7 Å². The molecule has 0 unspecified atom stereocenters. The molecular formula is C14H14BrN3O2. The number of nitrogens with zero attached hydrogens (tertiary/aromatic N) is 2. The Morgan fingerprint density at radius 3 is 2.80 bits per heavy atom. The number of halogens is 1. The average Bonchev–Trinajstić information content (AvgIpc) is 2.81. The predicted molar refractivity (Wildman–Crippen MR) is 78.6 cm³/mol. The highest BCUT2D eigenvalue weighted by Crippen LogP contribution is 2.34. The van der Waals surface area contributed by atoms with Gasteiger partial charge in [-0.3, -0.25) is 4.79 Å². The second-order valence-electron chi connectivity index (χ2n) is 5.60. The van der Waals surface area contributed by atoms with Crippen molar-refractivity contribution in [2.45, 2.75) is 24.8 Å². The highest BCUT2D eigenvalue weighted by atomic mass is 79.9. The summed E-state index contributed by atoms with van der Waals surface area (Å²) in [5.74, 6) is 0.171. The van der Waals surface area contributed by atoms with E-state index in [-0.39, 0.29) is 11.4 Å². The first-order valence-corrected chi connectivity index (χ1v) is 7.55. The summed E-state index contributed by atoms with van der Waals surface area (Å²) in [5, 5.41) is 3.04. The average molecular weight is 336 g/mol. The first-order chi connectivity index (χ1) is 9.63. The van der Waals surface area contributed by atoms with Gasteiger partial charge in [0.2, 0.25) is 5.91 Å². The number of piperidine rings is 1. The maximum Gasteiger partial charge on any atom is 0.298 e. The van der Waals surface area contributed by atoms with Gasteiger partial charge >= 0.3 is 0 Å². The first kappa shape index (κ1) is 12.2. The van der Waals surface area contributed by atoms with Crippen LogP contribution in [-0.4, -0.2) is 29.5 Å². The molecule has 4 rings (SSSR count). The molecule has 0 saturated carbocycles. The molecule has 1 aromatic heterocycles. The fourth-order valence-corrected chi connectivity index (χ4v) is 3.39. The molecule has 1 spiro atoms. The zero-order valence-corrected chi connectivity index (χ0v) is 12.4. The second kappa shape index (κ2) is 4.22. The molecular weight excluding hydrogens is 322 g/mol. The third-order valence-electron chi connectivity index (χ3n) is 4.23. The Morgan fingerprint density at radius 1 is 1.35 bits per heavy atom. The molecule has 1 aromatic carbocycles. The Bertz CT molecular complexity index is 679. The Labute approximate surface area is 124 Å². The minimum absolute atomic E-state index is 0.0443. The van der Waals surface area contributed by atoms with Gasteiger partial charge in [-0.1, -0.05) is 15.9 Å². The van der Waals surface area contributed by atoms with Crippen molar-refractivity contribution >= 4 is 39.0 Å². The maximum absolute atomic E-state index is 11.1. The number of carbonyl (C=O) groups excluding carboxylic acids is 1. The largest absolute Gasteiger partial charge is 0.423 e. The number of benzene rings is 1. The third-order valence-corrected chi connectivity index (χ3v) is 4.73. The van der Waals surface area contributed by atoms with E-state index in [0.717, 1.165) is 41.5 Å². The van der Waals surface area contributed by atoms with Gasteiger partial charge in [0.25, 0.3) is 6.01 Å². The first-order valence-electron chi connectivity index (χ1n) is 6.76. The molecule has 3 heterocycles. The maximum atomic E-state index is 11.1. The van der Waals surface area contributed by atoms with E-state index in [1.807, 2.05) is 18.2 Å². The predicted octanol–water partition coefficient (Wildman–Crippen LogP) is 2.45. The van der Waals surface area contributed by atoms with Crippen LogP contribution >= 0.6 is 15.9 Å². The van der Waals surface area contributed by atoms with Crippen molar-refractivity contribution in [2.24, 2.45) is 0 Å². The SMILES string of the molecule is O=C1CC2(CCN(c3nc4cc(Br)ccc4o3)CC2)N1. The summed E-state index contributed by atoms with van der Waals surface area (Å²) in [6.45, 7) is 1.74. The van der Waals surface area contributed by atoms with E-state index >= 15 is 0 Å². The van der Waals surface area contributed by atoms with Crippen LogP contribution in [0.15, 0.2) is 27.1 Å². The van der Waals surface area contributed by atoms with Crippen molar-refractivity contribution in [1.82, 2.24) is 10.3 Å². The minimum Gasteiger partial charge on any atom is -0.423 e. The third kappa shape index (κ3) is 1.90. The van der Waals surface area contributed by atoms with Gasteiger partial charge in [0.1, 0.15) is 5.52 Å². The molecule has 2 saturated heterocycles. The standard InChI is InChI=1S/C14H14BrN3O2/c15-9-1-2-11-10(7-9)16-13(20-11)18-5-3-14(4-6-18)8-12(19)17-14/h1-2,7H,3-6,8H2,(H,17,19). The molecule has 1 amide bonds. The molecule has 0 bridgehead atoms. The summed E-state index contributed by atoms with van der Waals surface area (Å²) in [5.41, 5.74) is 1.72. The quantitative estimate of drug-likeness (QED) is 0.813. The summed E-state index contributed by atoms with van der Waals surface area (Å²) in [6, 6.07) is 6.51. The Hall–Kier alpha value is -1.56. The van der Waals surface area contributed by atoms with Crippen molar-refractivity contribution in [2.75, 3.05) is 18.0 Å². The van der Waals surface area contributed by atoms with Gasteiger partial charge in [-0.15, -0.1) is 0 Å². The molecule has 2 fully saturated rings. The van der Waals surface area contributed by atoms with E-state index in [1.54, 1.807) is 0 Å². The number of rotatable bonds is 1. The summed E-state index contributed by atoms with van der Waals surface area (Å²) in [7, 11) is 0. The van der Waals surface area contributed by atoms with Gasteiger partial charge in [0, 0.05) is 24.0 Å². The molecule has 6 heteroatoms. The van der Waals surface area contributed by atoms with Gasteiger partial charge in [-0.05, 0) is 31.0 Å². The lowest BCUT2D eigenvalue weighted by Gasteiger charge is -2.47. The lowest BCUT2D eigenvalue weighted by atomic mass is 9.78. The zero-order chi connectivity index (χ0) is 13.7. The van der Waals surface area contributed by atoms with Crippen LogP contribution in [0.1, 0.15) is 19.3 Å². The normalized spacial score (nSPS) is 21.1. The number of hydrogen-bond donors (Lipinski definition) is 1. The van der Waals surface area contributed by atoms with E-state index < -0.39 is 0 Å². The van der Waals surface area contributed by atoms with Crippen molar-refractivity contribution in [3.63, 3.8) is 0 Å². The Balaban J connectivity index is 1.54. The zero-order valence-electron chi connectivity index (χ0n) is 10.9. The van der Waals surface area contributed by atoms with Gasteiger partial charge in [-0.2, -0.15) is 4.98 Å². The summed E-state index contributed by atoms with van der Waals surface area (Å²) >= 11 is 3.44. The fourth-order valence-electron chi connectivity index (χ4n) is 3.04. The topological polar surface area (TPSA) is 58.4 Å². The Kier molecular flexibility index (Phi) is 2.57. The van der Waals surface area contributed by atoms with Crippen LogP contribution in [0.2, 0.25) is 0 Å². The van der Waals surface area contributed by atoms with Gasteiger partial charge < -0.3 is 14.6 Å². The minimum atomic E-state index is 0.0443. The van der Waals surface area contributed by atoms with Crippen molar-refractivity contribution in [1.29, 1.82) is 0 Å². The van der Waals surface area contributed by atoms with Crippen LogP contribution in [0.3, 0.4) is 0 Å². The fraction of sp³-hybridized carbons (Fsp3) is 0.429. The number of fused-ring (bicyclic) bond motifs is 1. The number of oxazole rings is 1. The number of β-lactam (4-membered cyclic amide) rings is 1. The number of amides is 1. The van der Waals surface area contributed by atoms with Crippen LogP contribution in [0.25, 0.3) is 11.1 Å². The monoisotopic (exact) mass is 335 g/mol. The molecule has 0 atom stereocenters. The molecule has 2 aliphatic heterocycles. The summed E-state index contributed by atoms with van der Waals surface area (Å²) in [4.78, 5) is 17.8. The molecule has 0 aliphatic carbocycles. The van der Waals surface area contributed by atoms with Crippen molar-refractivity contribution in [3.8, 4) is 0 Å². The summed E-state index contributed by atoms with van der Waals surface area (Å²) < 4.78 is 6.81. The van der Waals surface area contributed by atoms with Crippen molar-refractivity contribution < 1.29 is 9.21 Å². The molecule has 20 heavy (non-hydrogen) atoms. The lowest BCUT2D eigenvalue weighted by Crippen LogP contribution is -2.65. The molecule has 0 radical (unpaired) electrons. The molecule has 104 valence electrons. The Morgan fingerprint density at radius 2 is 2.10 bits per heavy atom. The van der Waals surface area contributed by atoms with Gasteiger partial charge in [0.05, 0.1) is 5.54 Å². The molecule has 2 aromatic rings. The van der Waals surface area contributed by atoms with Crippen LogP contribution in [0.4, 0.5) is 6.01 Å². The van der Waals surface area contributed by atoms with E-state index in [9.17, 15) is 4.79 Å². The van der Waals surface area contributed by atoms with E-state index in [2.05, 4.69) is 31.1 Å². The van der Waals surface area contributed by atoms with E-state index in [1.165, 1.54) is 0 Å². The molecule has 2 aliphatic rings. The summed E-state index contributed by atoms with van der Waals surface area (Å²) in [6.07, 6.45) is 2.59. The lowest BCUT2D eigenvalue weighted by molar-refractivity contribution is -0.133. The molecule has 1 N–H and O–H groups in total. The van der Waals surface area contributed by atoms with Crippen LogP contribution in [0, 0.1) is 0 Å². The number of aromatic nitrogens is 1. The van der Waals surface area contributed by atoms with Gasteiger partial charge in [-0.25, -0.2) is 0 Å². The highest BCUT2D eigenvalue weighted by Gasteiger charge is 2.45. The van der Waals surface area contributed by atoms with Crippen LogP contribution in [-0.2, 0) is 4.79 Å². The number of nitrogens with one attached hydrogen (secondary N) is 1. The number of hydrogen-bond acceptors (Lipinski definition) is 4. The number of carbonyl (C=O) groups is 1.